The van der Waals surface area contributed by atoms with Gasteiger partial charge in [0, 0.05) is 0 Å². The first kappa shape index (κ1) is 16.7. The number of phenols is 2. The van der Waals surface area contributed by atoms with Crippen LogP contribution in [0.15, 0.2) is 18.2 Å². The minimum Gasteiger partial charge on any atom is -0.504 e. The normalized spacial score (nSPS) is 11.1. The lowest BCUT2D eigenvalue weighted by Crippen LogP contribution is -2.32. The first-order chi connectivity index (χ1) is 8.77. The molecule has 0 fully saturated rings. The third-order valence-electron chi connectivity index (χ3n) is 1.99. The highest BCUT2D eigenvalue weighted by molar-refractivity contribution is 5.73. The van der Waals surface area contributed by atoms with E-state index in [0.717, 1.165) is 0 Å². The molecule has 0 saturated carbocycles. The molecule has 0 amide bonds. The van der Waals surface area contributed by atoms with Gasteiger partial charge in [-0.15, -0.1) is 0 Å². The quantitative estimate of drug-likeness (QED) is 0.382. The van der Waals surface area contributed by atoms with Gasteiger partial charge in [0.15, 0.2) is 11.5 Å². The van der Waals surface area contributed by atoms with Crippen molar-refractivity contribution in [2.24, 2.45) is 11.5 Å². The molecule has 8 nitrogen and oxygen atoms in total. The second-order valence-corrected chi connectivity index (χ2v) is 3.57. The van der Waals surface area contributed by atoms with Crippen molar-refractivity contribution < 1.29 is 30.0 Å². The number of aromatic hydroxyl groups is 2. The highest BCUT2D eigenvalue weighted by Crippen LogP contribution is 2.25. The maximum atomic E-state index is 10.4. The summed E-state index contributed by atoms with van der Waals surface area (Å²) in [6, 6.07) is 3.09. The number of benzene rings is 1. The van der Waals surface area contributed by atoms with Gasteiger partial charge in [0.2, 0.25) is 0 Å². The number of carboxylic acid groups (broad SMARTS) is 2. The number of hydrogen-bond acceptors (Lipinski definition) is 6. The molecule has 1 rings (SSSR count). The summed E-state index contributed by atoms with van der Waals surface area (Å²) in [6.45, 7) is -0.278. The zero-order chi connectivity index (χ0) is 15.0. The summed E-state index contributed by atoms with van der Waals surface area (Å²) in [5.74, 6) is -2.58. The fourth-order valence-electron chi connectivity index (χ4n) is 1.04. The molecule has 0 aliphatic heterocycles. The van der Waals surface area contributed by atoms with Gasteiger partial charge in [0.1, 0.15) is 6.04 Å². The minimum absolute atomic E-state index is 0.114. The molecule has 0 bridgehead atoms. The Bertz CT molecular complexity index is 449. The van der Waals surface area contributed by atoms with Crippen molar-refractivity contribution in [3.05, 3.63) is 23.8 Å². The number of hydrogen-bond donors (Lipinski definition) is 6. The molecule has 0 aliphatic rings. The molecular weight excluding hydrogens is 256 g/mol. The van der Waals surface area contributed by atoms with Crippen LogP contribution in [0.4, 0.5) is 0 Å². The lowest BCUT2D eigenvalue weighted by molar-refractivity contribution is -0.138. The predicted molar refractivity (Wildman–Crippen MR) is 65.8 cm³/mol. The van der Waals surface area contributed by atoms with Crippen molar-refractivity contribution in [2.75, 3.05) is 6.54 Å². The van der Waals surface area contributed by atoms with Crippen LogP contribution < -0.4 is 11.5 Å². The Morgan fingerprint density at radius 2 is 1.68 bits per heavy atom. The lowest BCUT2D eigenvalue weighted by Gasteiger charge is -2.06. The molecule has 0 unspecified atom stereocenters. The summed E-state index contributed by atoms with van der Waals surface area (Å²) in [7, 11) is 0. The third kappa shape index (κ3) is 6.86. The van der Waals surface area contributed by atoms with E-state index in [4.69, 9.17) is 26.2 Å². The van der Waals surface area contributed by atoms with E-state index in [9.17, 15) is 9.59 Å². The van der Waals surface area contributed by atoms with Crippen LogP contribution in [-0.4, -0.2) is 45.0 Å². The Hall–Kier alpha value is -2.32. The van der Waals surface area contributed by atoms with E-state index < -0.39 is 18.0 Å². The van der Waals surface area contributed by atoms with Gasteiger partial charge < -0.3 is 31.9 Å². The van der Waals surface area contributed by atoms with Crippen molar-refractivity contribution in [3.63, 3.8) is 0 Å². The SMILES string of the molecule is NCC(=O)O.N[C@@H](Cc1ccc(O)c(O)c1)C(=O)O. The summed E-state index contributed by atoms with van der Waals surface area (Å²) in [4.78, 5) is 19.7. The van der Waals surface area contributed by atoms with Gasteiger partial charge in [-0.3, -0.25) is 9.59 Å². The standard InChI is InChI=1S/C9H11NO4.C2H5NO2/c10-6(9(13)14)3-5-1-2-7(11)8(12)4-5;3-1-2(4)5/h1-2,4,6,11-12H,3,10H2,(H,13,14);1,3H2,(H,4,5)/t6-;/m0./s1. The smallest absolute Gasteiger partial charge is 0.320 e. The Morgan fingerprint density at radius 3 is 2.05 bits per heavy atom. The van der Waals surface area contributed by atoms with E-state index in [-0.39, 0.29) is 24.5 Å². The topological polar surface area (TPSA) is 167 Å². The van der Waals surface area contributed by atoms with Crippen LogP contribution in [0.2, 0.25) is 0 Å². The van der Waals surface area contributed by atoms with Crippen LogP contribution in [-0.2, 0) is 16.0 Å². The molecule has 1 aromatic carbocycles. The van der Waals surface area contributed by atoms with E-state index in [0.29, 0.717) is 5.56 Å². The second kappa shape index (κ2) is 7.90. The van der Waals surface area contributed by atoms with Gasteiger partial charge in [-0.25, -0.2) is 0 Å². The summed E-state index contributed by atoms with van der Waals surface area (Å²) >= 11 is 0. The van der Waals surface area contributed by atoms with Crippen LogP contribution in [0.1, 0.15) is 5.56 Å². The molecule has 0 radical (unpaired) electrons. The number of rotatable bonds is 4. The summed E-state index contributed by atoms with van der Waals surface area (Å²) in [5, 5.41) is 34.2. The highest BCUT2D eigenvalue weighted by Gasteiger charge is 2.12. The first-order valence-electron chi connectivity index (χ1n) is 5.19. The van der Waals surface area contributed by atoms with Crippen molar-refractivity contribution in [1.29, 1.82) is 0 Å². The maximum Gasteiger partial charge on any atom is 0.320 e. The number of carboxylic acids is 2. The van der Waals surface area contributed by atoms with Gasteiger partial charge in [-0.05, 0) is 24.1 Å². The molecule has 106 valence electrons. The lowest BCUT2D eigenvalue weighted by atomic mass is 10.1. The van der Waals surface area contributed by atoms with E-state index in [1.54, 1.807) is 0 Å². The van der Waals surface area contributed by atoms with Crippen molar-refractivity contribution in [3.8, 4) is 11.5 Å². The fraction of sp³-hybridized carbons (Fsp3) is 0.273. The number of phenolic OH excluding ortho intramolecular Hbond substituents is 2. The molecule has 8 N–H and O–H groups in total. The van der Waals surface area contributed by atoms with Crippen molar-refractivity contribution in [2.45, 2.75) is 12.5 Å². The summed E-state index contributed by atoms with van der Waals surface area (Å²) in [5.41, 5.74) is 10.4. The molecular formula is C11H16N2O6. The molecule has 19 heavy (non-hydrogen) atoms. The Labute approximate surface area is 108 Å². The van der Waals surface area contributed by atoms with E-state index in [2.05, 4.69) is 5.73 Å². The molecule has 0 saturated heterocycles. The number of carbonyl (C=O) groups is 2. The Morgan fingerprint density at radius 1 is 1.16 bits per heavy atom. The highest BCUT2D eigenvalue weighted by atomic mass is 16.4. The first-order valence-corrected chi connectivity index (χ1v) is 5.19. The van der Waals surface area contributed by atoms with E-state index >= 15 is 0 Å². The van der Waals surface area contributed by atoms with E-state index in [1.165, 1.54) is 18.2 Å². The number of aliphatic carboxylic acids is 2. The van der Waals surface area contributed by atoms with Crippen molar-refractivity contribution >= 4 is 11.9 Å². The predicted octanol–water partition coefficient (Wildman–Crippen LogP) is -0.918. The van der Waals surface area contributed by atoms with Gasteiger partial charge in [-0.1, -0.05) is 6.07 Å². The zero-order valence-corrected chi connectivity index (χ0v) is 9.98. The maximum absolute atomic E-state index is 10.4. The Kier molecular flexibility index (Phi) is 6.94. The van der Waals surface area contributed by atoms with Gasteiger partial charge >= 0.3 is 11.9 Å². The average Bonchev–Trinajstić information content (AvgIpc) is 2.34. The van der Waals surface area contributed by atoms with Crippen LogP contribution in [0, 0.1) is 0 Å². The molecule has 1 aromatic rings. The van der Waals surface area contributed by atoms with E-state index in [1.807, 2.05) is 0 Å². The molecule has 0 spiro atoms. The van der Waals surface area contributed by atoms with Crippen LogP contribution in [0.5, 0.6) is 11.5 Å². The summed E-state index contributed by atoms with van der Waals surface area (Å²) < 4.78 is 0. The zero-order valence-electron chi connectivity index (χ0n) is 9.98. The summed E-state index contributed by atoms with van der Waals surface area (Å²) in [6.07, 6.45) is 0.114. The van der Waals surface area contributed by atoms with Gasteiger partial charge in [0.25, 0.3) is 0 Å². The molecule has 8 heteroatoms. The Balaban J connectivity index is 0.000000555. The van der Waals surface area contributed by atoms with Crippen LogP contribution >= 0.6 is 0 Å². The van der Waals surface area contributed by atoms with Gasteiger partial charge in [0.05, 0.1) is 6.54 Å². The minimum atomic E-state index is -1.10. The molecule has 0 heterocycles. The number of nitrogens with two attached hydrogens (primary N) is 2. The third-order valence-corrected chi connectivity index (χ3v) is 1.99. The molecule has 1 atom stereocenters. The van der Waals surface area contributed by atoms with Crippen LogP contribution in [0.3, 0.4) is 0 Å². The largest absolute Gasteiger partial charge is 0.504 e. The molecule has 0 aromatic heterocycles. The molecule has 0 aliphatic carbocycles. The van der Waals surface area contributed by atoms with Crippen LogP contribution in [0.25, 0.3) is 0 Å². The average molecular weight is 272 g/mol. The monoisotopic (exact) mass is 272 g/mol. The second-order valence-electron chi connectivity index (χ2n) is 3.57. The van der Waals surface area contributed by atoms with Crippen molar-refractivity contribution in [1.82, 2.24) is 0 Å². The fourth-order valence-corrected chi connectivity index (χ4v) is 1.04. The van der Waals surface area contributed by atoms with Gasteiger partial charge in [-0.2, -0.15) is 0 Å².